The van der Waals surface area contributed by atoms with Crippen molar-refractivity contribution >= 4 is 17.7 Å². The van der Waals surface area contributed by atoms with Crippen LogP contribution in [0.3, 0.4) is 0 Å². The highest BCUT2D eigenvalue weighted by Gasteiger charge is 2.06. The largest absolute Gasteiger partial charge is 0.389 e. The molecule has 0 spiro atoms. The van der Waals surface area contributed by atoms with Gasteiger partial charge in [0.05, 0.1) is 11.8 Å². The molecule has 1 aromatic rings. The summed E-state index contributed by atoms with van der Waals surface area (Å²) in [5, 5.41) is 10.5. The van der Waals surface area contributed by atoms with Crippen LogP contribution in [0.2, 0.25) is 5.02 Å². The van der Waals surface area contributed by atoms with Gasteiger partial charge in [-0.2, -0.15) is 0 Å². The molecule has 1 aromatic carbocycles. The highest BCUT2D eigenvalue weighted by molar-refractivity contribution is 6.30. The molecule has 0 amide bonds. The molecule has 0 aliphatic rings. The molecule has 2 N–H and O–H groups in total. The van der Waals surface area contributed by atoms with Gasteiger partial charge in [-0.1, -0.05) is 49.7 Å². The zero-order valence-electron chi connectivity index (χ0n) is 15.0. The van der Waals surface area contributed by atoms with Gasteiger partial charge in [-0.15, -0.1) is 0 Å². The van der Waals surface area contributed by atoms with Crippen molar-refractivity contribution < 1.29 is 9.94 Å². The van der Waals surface area contributed by atoms with E-state index in [4.69, 9.17) is 16.4 Å². The highest BCUT2D eigenvalue weighted by Crippen LogP contribution is 2.12. The molecule has 5 heteroatoms. The summed E-state index contributed by atoms with van der Waals surface area (Å²) < 4.78 is 0. The van der Waals surface area contributed by atoms with Crippen molar-refractivity contribution in [3.05, 3.63) is 52.7 Å². The molecule has 0 aliphatic heterocycles. The molecule has 0 heterocycles. The number of hydroxylamine groups is 1. The van der Waals surface area contributed by atoms with Crippen LogP contribution in [-0.2, 0) is 4.84 Å². The van der Waals surface area contributed by atoms with Crippen molar-refractivity contribution in [3.63, 3.8) is 0 Å². The summed E-state index contributed by atoms with van der Waals surface area (Å²) in [6.45, 7) is 5.12. The zero-order valence-corrected chi connectivity index (χ0v) is 15.8. The van der Waals surface area contributed by atoms with Crippen molar-refractivity contribution in [2.75, 3.05) is 27.2 Å². The Morgan fingerprint density at radius 1 is 1.29 bits per heavy atom. The van der Waals surface area contributed by atoms with Gasteiger partial charge in [0.1, 0.15) is 6.61 Å². The van der Waals surface area contributed by atoms with Gasteiger partial charge in [-0.25, -0.2) is 0 Å². The lowest BCUT2D eigenvalue weighted by molar-refractivity contribution is -0.0125. The topological polar surface area (TPSA) is 44.7 Å². The Hall–Kier alpha value is -1.33. The fourth-order valence-corrected chi connectivity index (χ4v) is 2.09. The predicted molar refractivity (Wildman–Crippen MR) is 102 cm³/mol. The molecule has 24 heavy (non-hydrogen) atoms. The Labute approximate surface area is 150 Å². The molecule has 1 rings (SSSR count). The van der Waals surface area contributed by atoms with Gasteiger partial charge in [-0.05, 0) is 50.2 Å². The van der Waals surface area contributed by atoms with E-state index >= 15 is 0 Å². The Morgan fingerprint density at radius 3 is 2.54 bits per heavy atom. The first-order valence-corrected chi connectivity index (χ1v) is 8.59. The summed E-state index contributed by atoms with van der Waals surface area (Å²) in [5.74, 6) is 0.560. The number of aliphatic hydroxyl groups is 1. The molecule has 0 aliphatic carbocycles. The van der Waals surface area contributed by atoms with E-state index in [1.165, 1.54) is 0 Å². The van der Waals surface area contributed by atoms with Crippen LogP contribution in [0.4, 0.5) is 0 Å². The number of rotatable bonds is 10. The Morgan fingerprint density at radius 2 is 1.96 bits per heavy atom. The van der Waals surface area contributed by atoms with Gasteiger partial charge in [0, 0.05) is 11.6 Å². The molecular formula is C19H29ClN2O2. The van der Waals surface area contributed by atoms with Gasteiger partial charge in [-0.3, -0.25) is 10.3 Å². The highest BCUT2D eigenvalue weighted by atomic mass is 35.5. The average Bonchev–Trinajstić information content (AvgIpc) is 2.50. The zero-order chi connectivity index (χ0) is 17.9. The molecular weight excluding hydrogens is 324 g/mol. The third-order valence-electron chi connectivity index (χ3n) is 3.18. The number of nitrogens with one attached hydrogen (secondary N) is 1. The number of nitrogens with zero attached hydrogens (tertiary/aromatic N) is 1. The second-order valence-corrected chi connectivity index (χ2v) is 6.94. The summed E-state index contributed by atoms with van der Waals surface area (Å²) in [4.78, 5) is 7.35. The van der Waals surface area contributed by atoms with E-state index in [2.05, 4.69) is 25.4 Å². The number of likely N-dealkylation sites (N-methyl/N-ethyl adjacent to an activating group) is 1. The van der Waals surface area contributed by atoms with Crippen molar-refractivity contribution in [3.8, 4) is 0 Å². The normalized spacial score (nSPS) is 13.9. The van der Waals surface area contributed by atoms with E-state index in [9.17, 15) is 5.11 Å². The van der Waals surface area contributed by atoms with Gasteiger partial charge in [0.15, 0.2) is 0 Å². The van der Waals surface area contributed by atoms with Crippen LogP contribution < -0.4 is 5.48 Å². The summed E-state index contributed by atoms with van der Waals surface area (Å²) >= 11 is 5.90. The van der Waals surface area contributed by atoms with Gasteiger partial charge < -0.3 is 10.0 Å². The molecule has 0 radical (unpaired) electrons. The molecule has 0 unspecified atom stereocenters. The first-order chi connectivity index (χ1) is 11.4. The quantitative estimate of drug-likeness (QED) is 0.497. The average molecular weight is 353 g/mol. The van der Waals surface area contributed by atoms with E-state index in [-0.39, 0.29) is 6.61 Å². The van der Waals surface area contributed by atoms with Crippen LogP contribution in [0.15, 0.2) is 42.1 Å². The van der Waals surface area contributed by atoms with E-state index in [0.717, 1.165) is 22.7 Å². The number of allylic oxidation sites excluding steroid dienone is 2. The second-order valence-electron chi connectivity index (χ2n) is 6.50. The molecule has 4 nitrogen and oxygen atoms in total. The molecule has 0 bridgehead atoms. The maximum absolute atomic E-state index is 9.83. The van der Waals surface area contributed by atoms with E-state index in [1.807, 2.05) is 55.4 Å². The first-order valence-electron chi connectivity index (χ1n) is 8.21. The third-order valence-corrected chi connectivity index (χ3v) is 3.43. The minimum absolute atomic E-state index is 0.228. The van der Waals surface area contributed by atoms with E-state index in [1.54, 1.807) is 0 Å². The van der Waals surface area contributed by atoms with E-state index in [0.29, 0.717) is 12.5 Å². The number of aliphatic hydroxyl groups excluding tert-OH is 1. The summed E-state index contributed by atoms with van der Waals surface area (Å²) in [6.07, 6.45) is 6.46. The fraction of sp³-hybridized carbons (Fsp3) is 0.474. The monoisotopic (exact) mass is 352 g/mol. The maximum Gasteiger partial charge on any atom is 0.102 e. The molecule has 0 saturated heterocycles. The van der Waals surface area contributed by atoms with Gasteiger partial charge in [0.25, 0.3) is 0 Å². The van der Waals surface area contributed by atoms with Crippen molar-refractivity contribution in [2.24, 2.45) is 5.92 Å². The first kappa shape index (κ1) is 20.7. The van der Waals surface area contributed by atoms with Crippen molar-refractivity contribution in [1.82, 2.24) is 10.4 Å². The molecule has 0 aromatic heterocycles. The number of hydrogen-bond donors (Lipinski definition) is 2. The minimum atomic E-state index is -0.529. The van der Waals surface area contributed by atoms with Gasteiger partial charge in [0.2, 0.25) is 0 Å². The lowest BCUT2D eigenvalue weighted by atomic mass is 10.1. The number of halogens is 1. The summed E-state index contributed by atoms with van der Waals surface area (Å²) in [6, 6.07) is 7.64. The van der Waals surface area contributed by atoms with Crippen LogP contribution in [0, 0.1) is 5.92 Å². The Balaban J connectivity index is 2.60. The second kappa shape index (κ2) is 11.3. The predicted octanol–water partition coefficient (Wildman–Crippen LogP) is 3.73. The summed E-state index contributed by atoms with van der Waals surface area (Å²) in [7, 11) is 3.83. The lowest BCUT2D eigenvalue weighted by Gasteiger charge is -2.16. The molecule has 1 atom stereocenters. The summed E-state index contributed by atoms with van der Waals surface area (Å²) in [5.41, 5.74) is 4.86. The number of benzene rings is 1. The van der Waals surface area contributed by atoms with Crippen LogP contribution in [0.5, 0.6) is 0 Å². The van der Waals surface area contributed by atoms with Crippen LogP contribution >= 0.6 is 11.6 Å². The smallest absolute Gasteiger partial charge is 0.102 e. The van der Waals surface area contributed by atoms with Crippen LogP contribution in [0.1, 0.15) is 25.8 Å². The SMILES string of the molecule is CC(C)CC=C(C=Cc1ccc(Cl)cc1)NOC[C@H](O)CN(C)C. The molecule has 0 saturated carbocycles. The Kier molecular flexibility index (Phi) is 9.72. The molecule has 134 valence electrons. The van der Waals surface area contributed by atoms with Gasteiger partial charge >= 0.3 is 0 Å². The number of hydrogen-bond acceptors (Lipinski definition) is 4. The standard InChI is InChI=1S/C19H29ClN2O2/c1-15(2)5-11-18(21-24-14-19(23)13-22(3)4)12-8-16-6-9-17(20)10-7-16/h6-12,15,19,21,23H,5,13-14H2,1-4H3/t19-/m1/s1. The van der Waals surface area contributed by atoms with E-state index < -0.39 is 6.10 Å². The maximum atomic E-state index is 9.83. The lowest BCUT2D eigenvalue weighted by Crippen LogP contribution is -2.31. The van der Waals surface area contributed by atoms with Crippen molar-refractivity contribution in [1.29, 1.82) is 0 Å². The third kappa shape index (κ3) is 9.73. The fourth-order valence-electron chi connectivity index (χ4n) is 1.96. The van der Waals surface area contributed by atoms with Crippen molar-refractivity contribution in [2.45, 2.75) is 26.4 Å². The van der Waals surface area contributed by atoms with Crippen LogP contribution in [0.25, 0.3) is 6.08 Å². The minimum Gasteiger partial charge on any atom is -0.389 e. The molecule has 0 fully saturated rings. The Bertz CT molecular complexity index is 525. The van der Waals surface area contributed by atoms with Crippen LogP contribution in [-0.4, -0.2) is 43.4 Å².